The largest absolute Gasteiger partial charge is 0.444 e. The number of carbonyl (C=O) groups excluding carboxylic acids is 1. The van der Waals surface area contributed by atoms with Crippen LogP contribution >= 0.6 is 0 Å². The van der Waals surface area contributed by atoms with Crippen LogP contribution in [0.15, 0.2) is 0 Å². The Morgan fingerprint density at radius 3 is 1.83 bits per heavy atom. The molecule has 0 spiro atoms. The molecule has 1 aliphatic rings. The second-order valence-electron chi connectivity index (χ2n) is 6.91. The minimum atomic E-state index is -0.385. The maximum atomic E-state index is 11.1. The lowest BCUT2D eigenvalue weighted by Crippen LogP contribution is -2.34. The van der Waals surface area contributed by atoms with Gasteiger partial charge in [-0.25, -0.2) is 4.79 Å². The molecule has 2 N–H and O–H groups in total. The standard InChI is InChI=1S/C19H37NO3/c1-2-3-4-5-6-7-8-9-10-11-12-13-14-15-18-17(16-21)20-19(22)23-18/h17-18,21H,2-16H2,1H3,(H,20,22)/t17-,18-/m1/s1. The predicted octanol–water partition coefficient (Wildman–Crippen LogP) is 4.94. The molecule has 0 aromatic heterocycles. The van der Waals surface area contributed by atoms with Gasteiger partial charge < -0.3 is 15.2 Å². The van der Waals surface area contributed by atoms with Crippen LogP contribution in [0.3, 0.4) is 0 Å². The average Bonchev–Trinajstić information content (AvgIpc) is 2.91. The summed E-state index contributed by atoms with van der Waals surface area (Å²) < 4.78 is 5.16. The number of hydrogen-bond acceptors (Lipinski definition) is 3. The maximum Gasteiger partial charge on any atom is 0.407 e. The van der Waals surface area contributed by atoms with Gasteiger partial charge in [0.05, 0.1) is 12.6 Å². The second kappa shape index (κ2) is 13.6. The number of amides is 1. The van der Waals surface area contributed by atoms with E-state index in [4.69, 9.17) is 9.84 Å². The van der Waals surface area contributed by atoms with Gasteiger partial charge in [-0.15, -0.1) is 0 Å². The topological polar surface area (TPSA) is 58.6 Å². The van der Waals surface area contributed by atoms with Gasteiger partial charge >= 0.3 is 6.09 Å². The van der Waals surface area contributed by atoms with Crippen molar-refractivity contribution in [1.82, 2.24) is 5.32 Å². The molecule has 4 heteroatoms. The van der Waals surface area contributed by atoms with Crippen molar-refractivity contribution in [2.75, 3.05) is 6.61 Å². The number of nitrogens with one attached hydrogen (secondary N) is 1. The third kappa shape index (κ3) is 9.85. The summed E-state index contributed by atoms with van der Waals surface area (Å²) in [6.07, 6.45) is 17.7. The van der Waals surface area contributed by atoms with Crippen LogP contribution in [0, 0.1) is 0 Å². The molecular formula is C19H37NO3. The van der Waals surface area contributed by atoms with E-state index in [2.05, 4.69) is 12.2 Å². The summed E-state index contributed by atoms with van der Waals surface area (Å²) in [5.74, 6) is 0. The van der Waals surface area contributed by atoms with Gasteiger partial charge in [0.15, 0.2) is 0 Å². The summed E-state index contributed by atoms with van der Waals surface area (Å²) in [6.45, 7) is 2.23. The van der Waals surface area contributed by atoms with Crippen LogP contribution in [0.25, 0.3) is 0 Å². The normalized spacial score (nSPS) is 20.5. The number of ether oxygens (including phenoxy) is 1. The third-order valence-corrected chi connectivity index (χ3v) is 4.80. The molecule has 0 radical (unpaired) electrons. The highest BCUT2D eigenvalue weighted by atomic mass is 16.6. The van der Waals surface area contributed by atoms with E-state index in [1.807, 2.05) is 0 Å². The van der Waals surface area contributed by atoms with Gasteiger partial charge in [-0.2, -0.15) is 0 Å². The molecule has 136 valence electrons. The Balaban J connectivity index is 1.80. The van der Waals surface area contributed by atoms with Crippen molar-refractivity contribution in [2.45, 2.75) is 109 Å². The van der Waals surface area contributed by atoms with Crippen molar-refractivity contribution in [2.24, 2.45) is 0 Å². The molecule has 0 saturated carbocycles. The van der Waals surface area contributed by atoms with Crippen molar-refractivity contribution in [3.05, 3.63) is 0 Å². The summed E-state index contributed by atoms with van der Waals surface area (Å²) in [6, 6.07) is -0.208. The number of carbonyl (C=O) groups is 1. The molecular weight excluding hydrogens is 290 g/mol. The van der Waals surface area contributed by atoms with E-state index in [9.17, 15) is 4.79 Å². The minimum Gasteiger partial charge on any atom is -0.444 e. The van der Waals surface area contributed by atoms with E-state index in [0.29, 0.717) is 0 Å². The van der Waals surface area contributed by atoms with Crippen molar-refractivity contribution < 1.29 is 14.6 Å². The van der Waals surface area contributed by atoms with Crippen LogP contribution in [0.4, 0.5) is 4.79 Å². The Kier molecular flexibility index (Phi) is 12.0. The number of alkyl carbamates (subject to hydrolysis) is 1. The molecule has 4 nitrogen and oxygen atoms in total. The summed E-state index contributed by atoms with van der Waals surface area (Å²) >= 11 is 0. The van der Waals surface area contributed by atoms with Gasteiger partial charge in [-0.1, -0.05) is 84.0 Å². The first kappa shape index (κ1) is 20.3. The van der Waals surface area contributed by atoms with E-state index < -0.39 is 0 Å². The quantitative estimate of drug-likeness (QED) is 0.419. The molecule has 1 heterocycles. The molecule has 0 aromatic rings. The molecule has 1 fully saturated rings. The molecule has 0 aliphatic carbocycles. The fourth-order valence-electron chi connectivity index (χ4n) is 3.28. The highest BCUT2D eigenvalue weighted by Gasteiger charge is 2.32. The Labute approximate surface area is 142 Å². The zero-order chi connectivity index (χ0) is 16.8. The zero-order valence-electron chi connectivity index (χ0n) is 15.0. The smallest absolute Gasteiger partial charge is 0.407 e. The minimum absolute atomic E-state index is 0.0329. The number of unbranched alkanes of at least 4 members (excludes halogenated alkanes) is 12. The average molecular weight is 328 g/mol. The first-order valence-corrected chi connectivity index (χ1v) is 9.86. The van der Waals surface area contributed by atoms with Gasteiger partial charge in [0, 0.05) is 0 Å². The Morgan fingerprint density at radius 1 is 0.870 bits per heavy atom. The maximum absolute atomic E-state index is 11.1. The van der Waals surface area contributed by atoms with Crippen molar-refractivity contribution in [3.8, 4) is 0 Å². The van der Waals surface area contributed by atoms with Gasteiger partial charge in [0.25, 0.3) is 0 Å². The molecule has 1 rings (SSSR count). The predicted molar refractivity (Wildman–Crippen MR) is 94.6 cm³/mol. The van der Waals surface area contributed by atoms with Crippen LogP contribution in [0.1, 0.15) is 96.8 Å². The molecule has 23 heavy (non-hydrogen) atoms. The van der Waals surface area contributed by atoms with Crippen LogP contribution in [-0.2, 0) is 4.74 Å². The number of aliphatic hydroxyl groups is 1. The number of cyclic esters (lactones) is 1. The van der Waals surface area contributed by atoms with Crippen molar-refractivity contribution in [1.29, 1.82) is 0 Å². The van der Waals surface area contributed by atoms with E-state index in [1.165, 1.54) is 77.0 Å². The molecule has 1 aliphatic heterocycles. The lowest BCUT2D eigenvalue weighted by atomic mass is 10.0. The van der Waals surface area contributed by atoms with Gasteiger partial charge in [0.2, 0.25) is 0 Å². The zero-order valence-corrected chi connectivity index (χ0v) is 15.0. The van der Waals surface area contributed by atoms with Crippen molar-refractivity contribution in [3.63, 3.8) is 0 Å². The molecule has 1 amide bonds. The number of aliphatic hydroxyl groups excluding tert-OH is 1. The molecule has 0 bridgehead atoms. The first-order valence-electron chi connectivity index (χ1n) is 9.86. The summed E-state index contributed by atoms with van der Waals surface area (Å²) in [5, 5.41) is 11.8. The van der Waals surface area contributed by atoms with E-state index in [1.54, 1.807) is 0 Å². The van der Waals surface area contributed by atoms with Gasteiger partial charge in [0.1, 0.15) is 6.10 Å². The fourth-order valence-corrected chi connectivity index (χ4v) is 3.28. The summed E-state index contributed by atoms with van der Waals surface area (Å²) in [7, 11) is 0. The van der Waals surface area contributed by atoms with Crippen LogP contribution in [-0.4, -0.2) is 30.0 Å². The first-order chi connectivity index (χ1) is 11.3. The summed E-state index contributed by atoms with van der Waals surface area (Å²) in [4.78, 5) is 11.1. The molecule has 0 unspecified atom stereocenters. The van der Waals surface area contributed by atoms with E-state index in [-0.39, 0.29) is 24.8 Å². The highest BCUT2D eigenvalue weighted by Crippen LogP contribution is 2.17. The number of rotatable bonds is 15. The van der Waals surface area contributed by atoms with Gasteiger partial charge in [-0.3, -0.25) is 0 Å². The molecule has 1 saturated heterocycles. The van der Waals surface area contributed by atoms with E-state index in [0.717, 1.165) is 12.8 Å². The fraction of sp³-hybridized carbons (Fsp3) is 0.947. The lowest BCUT2D eigenvalue weighted by molar-refractivity contribution is 0.111. The monoisotopic (exact) mass is 327 g/mol. The van der Waals surface area contributed by atoms with Gasteiger partial charge in [-0.05, 0) is 12.8 Å². The Bertz CT molecular complexity index is 296. The Hall–Kier alpha value is -0.770. The highest BCUT2D eigenvalue weighted by molar-refractivity contribution is 5.70. The van der Waals surface area contributed by atoms with Crippen LogP contribution in [0.2, 0.25) is 0 Å². The molecule has 2 atom stereocenters. The Morgan fingerprint density at radius 2 is 1.35 bits per heavy atom. The second-order valence-corrected chi connectivity index (χ2v) is 6.91. The van der Waals surface area contributed by atoms with Crippen molar-refractivity contribution >= 4 is 6.09 Å². The molecule has 0 aromatic carbocycles. The van der Waals surface area contributed by atoms with E-state index >= 15 is 0 Å². The third-order valence-electron chi connectivity index (χ3n) is 4.80. The van der Waals surface area contributed by atoms with Crippen LogP contribution in [0.5, 0.6) is 0 Å². The number of hydrogen-bond donors (Lipinski definition) is 2. The SMILES string of the molecule is CCCCCCCCCCCCCCC[C@H]1OC(=O)N[C@@H]1CO. The summed E-state index contributed by atoms with van der Waals surface area (Å²) in [5.41, 5.74) is 0. The van der Waals surface area contributed by atoms with Crippen LogP contribution < -0.4 is 5.32 Å². The lowest BCUT2D eigenvalue weighted by Gasteiger charge is -2.14.